The minimum Gasteiger partial charge on any atom is -0.481 e. The first kappa shape index (κ1) is 16.0. The molecule has 1 aliphatic rings. The SMILES string of the molecule is CC(CC1CCC(C(C)C(=O)O)O1)OCc1ccccc1. The smallest absolute Gasteiger partial charge is 0.308 e. The molecule has 4 heteroatoms. The molecule has 1 fully saturated rings. The second-order valence-electron chi connectivity index (χ2n) is 5.84. The van der Waals surface area contributed by atoms with E-state index in [2.05, 4.69) is 0 Å². The Balaban J connectivity index is 1.71. The maximum Gasteiger partial charge on any atom is 0.308 e. The first-order valence-electron chi connectivity index (χ1n) is 7.60. The third kappa shape index (κ3) is 4.83. The van der Waals surface area contributed by atoms with E-state index in [1.54, 1.807) is 6.92 Å². The molecule has 1 heterocycles. The summed E-state index contributed by atoms with van der Waals surface area (Å²) in [5.41, 5.74) is 1.16. The van der Waals surface area contributed by atoms with E-state index in [9.17, 15) is 4.79 Å². The minimum absolute atomic E-state index is 0.106. The Bertz CT molecular complexity index is 445. The van der Waals surface area contributed by atoms with Crippen molar-refractivity contribution in [2.24, 2.45) is 5.92 Å². The summed E-state index contributed by atoms with van der Waals surface area (Å²) in [6.07, 6.45) is 2.62. The van der Waals surface area contributed by atoms with Crippen molar-refractivity contribution >= 4 is 5.97 Å². The van der Waals surface area contributed by atoms with Crippen molar-refractivity contribution in [1.29, 1.82) is 0 Å². The van der Waals surface area contributed by atoms with Crippen LogP contribution in [0.25, 0.3) is 0 Å². The predicted molar refractivity (Wildman–Crippen MR) is 80.0 cm³/mol. The molecule has 0 spiro atoms. The lowest BCUT2D eigenvalue weighted by Gasteiger charge is -2.20. The van der Waals surface area contributed by atoms with Gasteiger partial charge in [0.1, 0.15) is 0 Å². The molecule has 0 saturated carbocycles. The van der Waals surface area contributed by atoms with E-state index in [4.69, 9.17) is 14.6 Å². The van der Waals surface area contributed by atoms with E-state index in [1.807, 2.05) is 37.3 Å². The molecule has 0 amide bonds. The quantitative estimate of drug-likeness (QED) is 0.838. The normalized spacial score (nSPS) is 24.7. The van der Waals surface area contributed by atoms with Crippen molar-refractivity contribution in [2.75, 3.05) is 0 Å². The van der Waals surface area contributed by atoms with Gasteiger partial charge in [-0.15, -0.1) is 0 Å². The van der Waals surface area contributed by atoms with Gasteiger partial charge in [-0.1, -0.05) is 30.3 Å². The van der Waals surface area contributed by atoms with Gasteiger partial charge in [0, 0.05) is 0 Å². The van der Waals surface area contributed by atoms with Gasteiger partial charge in [0.2, 0.25) is 0 Å². The molecule has 1 aliphatic heterocycles. The lowest BCUT2D eigenvalue weighted by Crippen LogP contribution is -2.26. The first-order valence-corrected chi connectivity index (χ1v) is 7.60. The number of hydrogen-bond donors (Lipinski definition) is 1. The zero-order valence-electron chi connectivity index (χ0n) is 12.7. The van der Waals surface area contributed by atoms with Crippen LogP contribution in [0.5, 0.6) is 0 Å². The summed E-state index contributed by atoms with van der Waals surface area (Å²) < 4.78 is 11.7. The van der Waals surface area contributed by atoms with Gasteiger partial charge in [0.05, 0.1) is 30.8 Å². The Morgan fingerprint density at radius 1 is 1.33 bits per heavy atom. The topological polar surface area (TPSA) is 55.8 Å². The second-order valence-corrected chi connectivity index (χ2v) is 5.84. The molecule has 0 bridgehead atoms. The maximum atomic E-state index is 11.0. The molecule has 4 atom stereocenters. The summed E-state index contributed by atoms with van der Waals surface area (Å²) in [5, 5.41) is 9.02. The Labute approximate surface area is 126 Å². The van der Waals surface area contributed by atoms with Crippen molar-refractivity contribution in [3.8, 4) is 0 Å². The van der Waals surface area contributed by atoms with Gasteiger partial charge in [-0.05, 0) is 38.7 Å². The largest absolute Gasteiger partial charge is 0.481 e. The van der Waals surface area contributed by atoms with Crippen LogP contribution in [0.15, 0.2) is 30.3 Å². The van der Waals surface area contributed by atoms with Crippen LogP contribution in [0.2, 0.25) is 0 Å². The van der Waals surface area contributed by atoms with Gasteiger partial charge in [0.15, 0.2) is 0 Å². The Hall–Kier alpha value is -1.39. The average molecular weight is 292 g/mol. The Morgan fingerprint density at radius 3 is 2.71 bits per heavy atom. The molecule has 0 radical (unpaired) electrons. The molecule has 1 aromatic rings. The van der Waals surface area contributed by atoms with Crippen LogP contribution >= 0.6 is 0 Å². The van der Waals surface area contributed by atoms with Crippen LogP contribution in [0, 0.1) is 5.92 Å². The van der Waals surface area contributed by atoms with Crippen LogP contribution in [-0.4, -0.2) is 29.4 Å². The van der Waals surface area contributed by atoms with Crippen molar-refractivity contribution in [2.45, 2.75) is 58.0 Å². The molecule has 4 unspecified atom stereocenters. The van der Waals surface area contributed by atoms with E-state index in [1.165, 1.54) is 0 Å². The third-order valence-corrected chi connectivity index (χ3v) is 4.06. The van der Waals surface area contributed by atoms with Gasteiger partial charge >= 0.3 is 5.97 Å². The van der Waals surface area contributed by atoms with Gasteiger partial charge in [-0.25, -0.2) is 0 Å². The van der Waals surface area contributed by atoms with Crippen molar-refractivity contribution in [3.63, 3.8) is 0 Å². The average Bonchev–Trinajstić information content (AvgIpc) is 2.93. The van der Waals surface area contributed by atoms with Gasteiger partial charge < -0.3 is 14.6 Å². The van der Waals surface area contributed by atoms with E-state index < -0.39 is 11.9 Å². The highest BCUT2D eigenvalue weighted by Crippen LogP contribution is 2.28. The molecule has 116 valence electrons. The lowest BCUT2D eigenvalue weighted by atomic mass is 10.0. The van der Waals surface area contributed by atoms with Crippen molar-refractivity contribution in [1.82, 2.24) is 0 Å². The second kappa shape index (κ2) is 7.57. The van der Waals surface area contributed by atoms with Crippen molar-refractivity contribution < 1.29 is 19.4 Å². The maximum absolute atomic E-state index is 11.0. The summed E-state index contributed by atoms with van der Waals surface area (Å²) in [7, 11) is 0. The van der Waals surface area contributed by atoms with Crippen LogP contribution in [-0.2, 0) is 20.9 Å². The fourth-order valence-electron chi connectivity index (χ4n) is 2.68. The molecule has 1 aromatic carbocycles. The third-order valence-electron chi connectivity index (χ3n) is 4.06. The molecule has 0 aromatic heterocycles. The Kier molecular flexibility index (Phi) is 5.76. The number of carbonyl (C=O) groups is 1. The monoisotopic (exact) mass is 292 g/mol. The van der Waals surface area contributed by atoms with E-state index >= 15 is 0 Å². The number of rotatable bonds is 7. The first-order chi connectivity index (χ1) is 10.1. The van der Waals surface area contributed by atoms with Crippen molar-refractivity contribution in [3.05, 3.63) is 35.9 Å². The molecule has 1 saturated heterocycles. The fourth-order valence-corrected chi connectivity index (χ4v) is 2.68. The number of hydrogen-bond acceptors (Lipinski definition) is 3. The Morgan fingerprint density at radius 2 is 2.05 bits per heavy atom. The van der Waals surface area contributed by atoms with E-state index in [0.717, 1.165) is 24.8 Å². The highest BCUT2D eigenvalue weighted by atomic mass is 16.5. The highest BCUT2D eigenvalue weighted by molar-refractivity contribution is 5.70. The number of benzene rings is 1. The lowest BCUT2D eigenvalue weighted by molar-refractivity contribution is -0.146. The van der Waals surface area contributed by atoms with Gasteiger partial charge in [0.25, 0.3) is 0 Å². The van der Waals surface area contributed by atoms with E-state index in [0.29, 0.717) is 6.61 Å². The summed E-state index contributed by atoms with van der Waals surface area (Å²) in [6, 6.07) is 10.1. The number of carboxylic acids is 1. The zero-order valence-corrected chi connectivity index (χ0v) is 12.7. The molecule has 21 heavy (non-hydrogen) atoms. The standard InChI is InChI=1S/C17H24O4/c1-12(20-11-14-6-4-3-5-7-14)10-15-8-9-16(21-15)13(2)17(18)19/h3-7,12-13,15-16H,8-11H2,1-2H3,(H,18,19). The van der Waals surface area contributed by atoms with E-state index in [-0.39, 0.29) is 18.3 Å². The molecular formula is C17H24O4. The van der Waals surface area contributed by atoms with Crippen LogP contribution < -0.4 is 0 Å². The van der Waals surface area contributed by atoms with Crippen LogP contribution in [0.4, 0.5) is 0 Å². The summed E-state index contributed by atoms with van der Waals surface area (Å²) in [5.74, 6) is -1.22. The van der Waals surface area contributed by atoms with Crippen LogP contribution in [0.1, 0.15) is 38.7 Å². The number of aliphatic carboxylic acids is 1. The predicted octanol–water partition coefficient (Wildman–Crippen LogP) is 3.25. The summed E-state index contributed by atoms with van der Waals surface area (Å²) in [4.78, 5) is 11.0. The molecule has 2 rings (SSSR count). The number of ether oxygens (including phenoxy) is 2. The highest BCUT2D eigenvalue weighted by Gasteiger charge is 2.33. The summed E-state index contributed by atoms with van der Waals surface area (Å²) >= 11 is 0. The van der Waals surface area contributed by atoms with Gasteiger partial charge in [-0.3, -0.25) is 4.79 Å². The zero-order chi connectivity index (χ0) is 15.2. The molecule has 4 nitrogen and oxygen atoms in total. The van der Waals surface area contributed by atoms with Gasteiger partial charge in [-0.2, -0.15) is 0 Å². The molecule has 0 aliphatic carbocycles. The summed E-state index contributed by atoms with van der Waals surface area (Å²) in [6.45, 7) is 4.36. The molecule has 1 N–H and O–H groups in total. The number of carboxylic acid groups (broad SMARTS) is 1. The molecular weight excluding hydrogens is 268 g/mol. The fraction of sp³-hybridized carbons (Fsp3) is 0.588. The minimum atomic E-state index is -0.783. The van der Waals surface area contributed by atoms with Crippen LogP contribution in [0.3, 0.4) is 0 Å².